The predicted octanol–water partition coefficient (Wildman–Crippen LogP) is 4.36. The summed E-state index contributed by atoms with van der Waals surface area (Å²) in [6.07, 6.45) is -1.03. The summed E-state index contributed by atoms with van der Waals surface area (Å²) in [5.74, 6) is -2.16. The number of carboxylic acids is 1. The predicted molar refractivity (Wildman–Crippen MR) is 110 cm³/mol. The van der Waals surface area contributed by atoms with Crippen LogP contribution in [-0.2, 0) is 16.0 Å². The molecule has 5 nitrogen and oxygen atoms in total. The number of amides is 1. The standard InChI is InChI=1S/C24H20FNO4/c25-16-11-9-15(10-12-16)13-22(23(27)28)26-24(29)30-14-21-19-7-3-1-5-17(19)18-6-2-4-8-20(18)21/h1-12,21-22H,13-14H2,(H,26,29)(H,27,28)/t22-/m0/s1/i14D/t14?,22-. The molecule has 2 atom stereocenters. The number of nitrogens with one attached hydrogen (secondary N) is 1. The number of benzene rings is 3. The van der Waals surface area contributed by atoms with E-state index in [9.17, 15) is 19.1 Å². The van der Waals surface area contributed by atoms with Gasteiger partial charge in [-0.3, -0.25) is 0 Å². The van der Waals surface area contributed by atoms with E-state index in [4.69, 9.17) is 6.11 Å². The lowest BCUT2D eigenvalue weighted by molar-refractivity contribution is -0.139. The minimum atomic E-state index is -1.27. The van der Waals surface area contributed by atoms with Crippen molar-refractivity contribution in [2.75, 3.05) is 6.58 Å². The second-order valence-electron chi connectivity index (χ2n) is 7.06. The van der Waals surface area contributed by atoms with E-state index in [1.165, 1.54) is 24.3 Å². The molecular formula is C24H20FNO4. The molecule has 0 aliphatic heterocycles. The maximum atomic E-state index is 13.1. The number of hydrogen-bond donors (Lipinski definition) is 2. The van der Waals surface area contributed by atoms with E-state index in [2.05, 4.69) is 5.32 Å². The van der Waals surface area contributed by atoms with E-state index in [0.717, 1.165) is 22.3 Å². The van der Waals surface area contributed by atoms with Crippen molar-refractivity contribution in [3.05, 3.63) is 95.3 Å². The van der Waals surface area contributed by atoms with Crippen molar-refractivity contribution in [3.63, 3.8) is 0 Å². The van der Waals surface area contributed by atoms with Gasteiger partial charge in [0.25, 0.3) is 0 Å². The summed E-state index contributed by atoms with van der Waals surface area (Å²) in [4.78, 5) is 24.0. The summed E-state index contributed by atoms with van der Waals surface area (Å²) in [5.41, 5.74) is 4.30. The van der Waals surface area contributed by atoms with E-state index in [1.807, 2.05) is 48.5 Å². The molecule has 0 saturated carbocycles. The van der Waals surface area contributed by atoms with Gasteiger partial charge in [-0.05, 0) is 39.9 Å². The Morgan fingerprint density at radius 2 is 1.57 bits per heavy atom. The second kappa shape index (κ2) is 8.37. The van der Waals surface area contributed by atoms with Gasteiger partial charge in [0.15, 0.2) is 0 Å². The molecule has 152 valence electrons. The zero-order valence-electron chi connectivity index (χ0n) is 16.9. The Kier molecular flexibility index (Phi) is 5.12. The fourth-order valence-electron chi connectivity index (χ4n) is 3.70. The summed E-state index contributed by atoms with van der Waals surface area (Å²) in [6, 6.07) is 19.4. The molecule has 0 saturated heterocycles. The van der Waals surface area contributed by atoms with Crippen LogP contribution >= 0.6 is 0 Å². The first-order valence-electron chi connectivity index (χ1n) is 10.1. The van der Waals surface area contributed by atoms with Crippen LogP contribution in [0.15, 0.2) is 72.8 Å². The van der Waals surface area contributed by atoms with Gasteiger partial charge in [-0.2, -0.15) is 0 Å². The van der Waals surface area contributed by atoms with Crippen LogP contribution in [-0.4, -0.2) is 29.8 Å². The topological polar surface area (TPSA) is 75.6 Å². The molecule has 0 radical (unpaired) electrons. The first-order valence-corrected chi connectivity index (χ1v) is 9.49. The van der Waals surface area contributed by atoms with Crippen molar-refractivity contribution in [3.8, 4) is 11.1 Å². The van der Waals surface area contributed by atoms with E-state index >= 15 is 0 Å². The van der Waals surface area contributed by atoms with Gasteiger partial charge in [-0.25, -0.2) is 14.0 Å². The molecule has 0 heterocycles. The monoisotopic (exact) mass is 406 g/mol. The number of hydrogen-bond acceptors (Lipinski definition) is 3. The lowest BCUT2D eigenvalue weighted by Crippen LogP contribution is -2.42. The second-order valence-corrected chi connectivity index (χ2v) is 7.06. The maximum Gasteiger partial charge on any atom is 0.407 e. The van der Waals surface area contributed by atoms with Crippen LogP contribution in [0, 0.1) is 5.82 Å². The number of carbonyl (C=O) groups excluding carboxylic acids is 1. The van der Waals surface area contributed by atoms with Crippen molar-refractivity contribution in [2.45, 2.75) is 18.4 Å². The van der Waals surface area contributed by atoms with Gasteiger partial charge in [0.2, 0.25) is 0 Å². The molecule has 1 aliphatic carbocycles. The van der Waals surface area contributed by atoms with Gasteiger partial charge in [0.05, 0.1) is 1.37 Å². The molecule has 2 N–H and O–H groups in total. The Balaban J connectivity index is 1.48. The van der Waals surface area contributed by atoms with E-state index in [1.54, 1.807) is 0 Å². The Morgan fingerprint density at radius 1 is 1.00 bits per heavy atom. The first-order chi connectivity index (χ1) is 14.9. The molecule has 0 fully saturated rings. The molecular weight excluding hydrogens is 385 g/mol. The van der Waals surface area contributed by atoms with Gasteiger partial charge >= 0.3 is 12.1 Å². The number of rotatable bonds is 6. The molecule has 1 unspecified atom stereocenters. The van der Waals surface area contributed by atoms with Crippen LogP contribution in [0.5, 0.6) is 0 Å². The van der Waals surface area contributed by atoms with E-state index in [-0.39, 0.29) is 6.42 Å². The molecule has 0 aromatic heterocycles. The lowest BCUT2D eigenvalue weighted by atomic mass is 9.98. The van der Waals surface area contributed by atoms with Gasteiger partial charge < -0.3 is 15.2 Å². The SMILES string of the molecule is [2H]C(OC(=O)N[C@@H](Cc1ccc(F)cc1)C(=O)O)C1c2ccccc2-c2ccccc21. The molecule has 3 aromatic rings. The number of aliphatic carboxylic acids is 1. The van der Waals surface area contributed by atoms with Crippen LogP contribution in [0.4, 0.5) is 9.18 Å². The number of fused-ring (bicyclic) bond motifs is 3. The zero-order valence-corrected chi connectivity index (χ0v) is 15.9. The summed E-state index contributed by atoms with van der Waals surface area (Å²) < 4.78 is 26.8. The third kappa shape index (κ3) is 4.03. The van der Waals surface area contributed by atoms with Gasteiger partial charge in [-0.1, -0.05) is 60.7 Å². The first kappa shape index (κ1) is 18.4. The van der Waals surface area contributed by atoms with Crippen LogP contribution < -0.4 is 5.32 Å². The van der Waals surface area contributed by atoms with Crippen LogP contribution in [0.2, 0.25) is 0 Å². The van der Waals surface area contributed by atoms with Crippen LogP contribution in [0.25, 0.3) is 11.1 Å². The minimum Gasteiger partial charge on any atom is -0.480 e. The third-order valence-corrected chi connectivity index (χ3v) is 5.14. The average Bonchev–Trinajstić information content (AvgIpc) is 3.09. The molecule has 6 heteroatoms. The van der Waals surface area contributed by atoms with Crippen LogP contribution in [0.3, 0.4) is 0 Å². The Bertz CT molecular complexity index is 1070. The van der Waals surface area contributed by atoms with E-state index in [0.29, 0.717) is 5.56 Å². The van der Waals surface area contributed by atoms with Gasteiger partial charge in [0, 0.05) is 12.3 Å². The zero-order chi connectivity index (χ0) is 22.0. The number of halogens is 1. The number of alkyl carbamates (subject to hydrolysis) is 1. The summed E-state index contributed by atoms with van der Waals surface area (Å²) in [6.45, 7) is -1.26. The molecule has 0 spiro atoms. The highest BCUT2D eigenvalue weighted by Crippen LogP contribution is 2.44. The largest absolute Gasteiger partial charge is 0.480 e. The average molecular weight is 406 g/mol. The van der Waals surface area contributed by atoms with Crippen molar-refractivity contribution < 1.29 is 25.2 Å². The molecule has 1 amide bonds. The smallest absolute Gasteiger partial charge is 0.407 e. The number of ether oxygens (including phenoxy) is 1. The number of carboxylic acid groups (broad SMARTS) is 1. The van der Waals surface area contributed by atoms with Crippen LogP contribution in [0.1, 0.15) is 24.0 Å². The summed E-state index contributed by atoms with van der Waals surface area (Å²) in [5, 5.41) is 11.8. The minimum absolute atomic E-state index is 0.0392. The Morgan fingerprint density at radius 3 is 2.13 bits per heavy atom. The van der Waals surface area contributed by atoms with Crippen molar-refractivity contribution in [2.24, 2.45) is 0 Å². The highest BCUT2D eigenvalue weighted by atomic mass is 19.1. The maximum absolute atomic E-state index is 13.1. The molecule has 30 heavy (non-hydrogen) atoms. The van der Waals surface area contributed by atoms with Gasteiger partial charge in [-0.15, -0.1) is 0 Å². The molecule has 4 rings (SSSR count). The molecule has 0 bridgehead atoms. The molecule has 1 aliphatic rings. The van der Waals surface area contributed by atoms with Crippen molar-refractivity contribution in [1.29, 1.82) is 0 Å². The summed E-state index contributed by atoms with van der Waals surface area (Å²) in [7, 11) is 0. The summed E-state index contributed by atoms with van der Waals surface area (Å²) >= 11 is 0. The quantitative estimate of drug-likeness (QED) is 0.638. The number of carbonyl (C=O) groups is 2. The molecule has 3 aromatic carbocycles. The Labute approximate surface area is 174 Å². The van der Waals surface area contributed by atoms with Crippen molar-refractivity contribution >= 4 is 12.1 Å². The highest BCUT2D eigenvalue weighted by molar-refractivity contribution is 5.81. The third-order valence-electron chi connectivity index (χ3n) is 5.14. The normalized spacial score (nSPS) is 14.8. The highest BCUT2D eigenvalue weighted by Gasteiger charge is 2.29. The van der Waals surface area contributed by atoms with Crippen molar-refractivity contribution in [1.82, 2.24) is 5.32 Å². The lowest BCUT2D eigenvalue weighted by Gasteiger charge is -2.17. The Hall–Kier alpha value is -3.67. The fourth-order valence-corrected chi connectivity index (χ4v) is 3.70. The van der Waals surface area contributed by atoms with E-state index < -0.39 is 36.4 Å². The fraction of sp³-hybridized carbons (Fsp3) is 0.167. The van der Waals surface area contributed by atoms with Gasteiger partial charge in [0.1, 0.15) is 18.4 Å².